The van der Waals surface area contributed by atoms with Gasteiger partial charge in [0.2, 0.25) is 0 Å². The molecule has 30 heavy (non-hydrogen) atoms. The van der Waals surface area contributed by atoms with Crippen LogP contribution in [-0.2, 0) is 4.74 Å². The average molecular weight is 414 g/mol. The summed E-state index contributed by atoms with van der Waals surface area (Å²) in [4.78, 5) is 23.7. The van der Waals surface area contributed by atoms with E-state index < -0.39 is 6.09 Å². The summed E-state index contributed by atoms with van der Waals surface area (Å²) in [6.07, 6.45) is 11.6. The molecule has 0 heterocycles. The Bertz CT molecular complexity index is 805. The number of rotatable bonds is 11. The van der Waals surface area contributed by atoms with Crippen molar-refractivity contribution < 1.29 is 19.4 Å². The number of hydrogen-bond donors (Lipinski definition) is 2. The first kappa shape index (κ1) is 25.2. The highest BCUT2D eigenvalue weighted by molar-refractivity contribution is 6.10. The number of carbonyl (C=O) groups excluding carboxylic acids is 2. The molecule has 0 aliphatic heterocycles. The van der Waals surface area contributed by atoms with E-state index in [1.54, 1.807) is 25.3 Å². The molecule has 1 unspecified atom stereocenters. The van der Waals surface area contributed by atoms with E-state index in [1.807, 2.05) is 24.3 Å². The number of phenols is 1. The second-order valence-electron chi connectivity index (χ2n) is 7.59. The summed E-state index contributed by atoms with van der Waals surface area (Å²) >= 11 is 0. The first-order valence-electron chi connectivity index (χ1n) is 10.5. The van der Waals surface area contributed by atoms with Crippen LogP contribution in [0.2, 0.25) is 0 Å². The maximum absolute atomic E-state index is 12.7. The van der Waals surface area contributed by atoms with E-state index in [0.29, 0.717) is 11.1 Å². The van der Waals surface area contributed by atoms with Crippen molar-refractivity contribution in [1.29, 1.82) is 0 Å². The number of amides is 1. The van der Waals surface area contributed by atoms with Gasteiger partial charge < -0.3 is 9.84 Å². The van der Waals surface area contributed by atoms with E-state index in [1.165, 1.54) is 12.7 Å². The predicted molar refractivity (Wildman–Crippen MR) is 122 cm³/mol. The highest BCUT2D eigenvalue weighted by atomic mass is 16.5. The van der Waals surface area contributed by atoms with Gasteiger partial charge in [0.25, 0.3) is 0 Å². The molecule has 0 aliphatic rings. The molecule has 5 nitrogen and oxygen atoms in total. The molecule has 0 radical (unpaired) electrons. The number of nitrogens with one attached hydrogen (secondary N) is 1. The molecule has 1 aromatic rings. The number of alkyl carbamates (subject to hydrolysis) is 1. The van der Waals surface area contributed by atoms with E-state index in [4.69, 9.17) is 0 Å². The number of methoxy groups -OCH3 is 1. The van der Waals surface area contributed by atoms with Gasteiger partial charge in [0.05, 0.1) is 12.7 Å². The first-order valence-corrected chi connectivity index (χ1v) is 10.5. The summed E-state index contributed by atoms with van der Waals surface area (Å²) in [5.41, 5.74) is 3.13. The maximum Gasteiger partial charge on any atom is 0.410 e. The largest absolute Gasteiger partial charge is 0.507 e. The van der Waals surface area contributed by atoms with Crippen LogP contribution in [0.1, 0.15) is 81.6 Å². The molecule has 1 atom stereocenters. The highest BCUT2D eigenvalue weighted by Crippen LogP contribution is 2.28. The monoisotopic (exact) mass is 413 g/mol. The number of hydrogen-bond acceptors (Lipinski definition) is 4. The number of unbranched alkanes of at least 4 members (excludes halogenated alkanes) is 1. The molecule has 0 saturated carbocycles. The Morgan fingerprint density at radius 2 is 1.97 bits per heavy atom. The van der Waals surface area contributed by atoms with Crippen molar-refractivity contribution in [2.45, 2.75) is 65.7 Å². The number of aromatic hydroxyl groups is 1. The lowest BCUT2D eigenvalue weighted by Gasteiger charge is -2.13. The number of Topliss-reactive ketones (excluding diaryl/α,β-unsaturated/α-hetero) is 1. The number of phenolic OH excluding ortho intramolecular Hbond substituents is 1. The van der Waals surface area contributed by atoms with Gasteiger partial charge >= 0.3 is 6.09 Å². The van der Waals surface area contributed by atoms with Gasteiger partial charge in [0.1, 0.15) is 5.75 Å². The summed E-state index contributed by atoms with van der Waals surface area (Å²) in [5, 5.41) is 12.9. The van der Waals surface area contributed by atoms with Gasteiger partial charge in [-0.25, -0.2) is 4.79 Å². The topological polar surface area (TPSA) is 75.6 Å². The van der Waals surface area contributed by atoms with Crippen LogP contribution in [0.4, 0.5) is 4.79 Å². The van der Waals surface area contributed by atoms with Crippen molar-refractivity contribution in [2.24, 2.45) is 0 Å². The minimum absolute atomic E-state index is 0.00619. The smallest absolute Gasteiger partial charge is 0.410 e. The highest BCUT2D eigenvalue weighted by Gasteiger charge is 2.15. The molecule has 5 heteroatoms. The van der Waals surface area contributed by atoms with E-state index in [0.717, 1.165) is 37.7 Å². The lowest BCUT2D eigenvalue weighted by molar-refractivity contribution is 0.103. The second-order valence-corrected chi connectivity index (χ2v) is 7.59. The minimum atomic E-state index is -0.500. The van der Waals surface area contributed by atoms with E-state index in [9.17, 15) is 14.7 Å². The third-order valence-corrected chi connectivity index (χ3v) is 5.01. The van der Waals surface area contributed by atoms with Crippen LogP contribution in [0.25, 0.3) is 0 Å². The summed E-state index contributed by atoms with van der Waals surface area (Å²) in [5.74, 6) is 0.0402. The van der Waals surface area contributed by atoms with Crippen molar-refractivity contribution in [2.75, 3.05) is 7.11 Å². The van der Waals surface area contributed by atoms with E-state index in [-0.39, 0.29) is 17.5 Å². The molecule has 2 N–H and O–H groups in total. The van der Waals surface area contributed by atoms with Gasteiger partial charge in [-0.3, -0.25) is 10.1 Å². The third kappa shape index (κ3) is 8.68. The number of allylic oxidation sites excluding steroid dienone is 5. The van der Waals surface area contributed by atoms with E-state index in [2.05, 4.69) is 30.8 Å². The van der Waals surface area contributed by atoms with Gasteiger partial charge in [-0.05, 0) is 68.7 Å². The van der Waals surface area contributed by atoms with E-state index >= 15 is 0 Å². The van der Waals surface area contributed by atoms with Crippen LogP contribution >= 0.6 is 0 Å². The van der Waals surface area contributed by atoms with Gasteiger partial charge in [-0.2, -0.15) is 0 Å². The van der Waals surface area contributed by atoms with Gasteiger partial charge in [-0.15, -0.1) is 0 Å². The fourth-order valence-electron chi connectivity index (χ4n) is 2.92. The fourth-order valence-corrected chi connectivity index (χ4v) is 2.92. The molecular formula is C25H35NO4. The lowest BCUT2D eigenvalue weighted by atomic mass is 9.93. The second kappa shape index (κ2) is 13.4. The number of ether oxygens (including phenoxy) is 1. The fraction of sp³-hybridized carbons (Fsp3) is 0.440. The molecule has 0 fully saturated rings. The molecule has 0 bridgehead atoms. The quantitative estimate of drug-likeness (QED) is 0.250. The van der Waals surface area contributed by atoms with Crippen LogP contribution in [0, 0.1) is 0 Å². The summed E-state index contributed by atoms with van der Waals surface area (Å²) in [7, 11) is 1.31. The zero-order chi connectivity index (χ0) is 22.5. The Labute approximate surface area is 180 Å². The van der Waals surface area contributed by atoms with Crippen LogP contribution < -0.4 is 5.32 Å². The molecule has 1 amide bonds. The molecule has 1 aromatic carbocycles. The molecule has 1 rings (SSSR count). The van der Waals surface area contributed by atoms with Crippen LogP contribution in [0.5, 0.6) is 5.75 Å². The van der Waals surface area contributed by atoms with Gasteiger partial charge in [0.15, 0.2) is 5.78 Å². The number of ketones is 1. The first-order chi connectivity index (χ1) is 14.3. The average Bonchev–Trinajstić information content (AvgIpc) is 2.74. The molecule has 0 aromatic heterocycles. The summed E-state index contributed by atoms with van der Waals surface area (Å²) in [6, 6.07) is 5.26. The van der Waals surface area contributed by atoms with Crippen LogP contribution in [0.3, 0.4) is 0 Å². The standard InChI is InChI=1S/C25H35NO4/c1-6-7-10-18(2)12-13-20(4)24(28)22-15-14-21(17-23(22)27)19(3)11-8-9-16-26-25(29)30-5/h9,12-17,19,27H,6-8,10-11H2,1-5H3,(H,26,29)/b16-9+,18-12+,20-13+. The molecule has 164 valence electrons. The third-order valence-electron chi connectivity index (χ3n) is 5.01. The summed E-state index contributed by atoms with van der Waals surface area (Å²) < 4.78 is 4.49. The van der Waals surface area contributed by atoms with Crippen molar-refractivity contribution in [3.05, 3.63) is 64.9 Å². The number of benzene rings is 1. The number of carbonyl (C=O) groups is 2. The Morgan fingerprint density at radius 3 is 2.60 bits per heavy atom. The maximum atomic E-state index is 12.7. The Hall–Kier alpha value is -2.82. The Morgan fingerprint density at radius 1 is 1.23 bits per heavy atom. The molecular weight excluding hydrogens is 378 g/mol. The predicted octanol–water partition coefficient (Wildman–Crippen LogP) is 6.41. The van der Waals surface area contributed by atoms with Crippen LogP contribution in [-0.4, -0.2) is 24.1 Å². The van der Waals surface area contributed by atoms with Crippen LogP contribution in [0.15, 0.2) is 53.8 Å². The molecule has 0 aliphatic carbocycles. The SMILES string of the molecule is CCCC/C(C)=C/C=C(\C)C(=O)c1ccc(C(C)CC/C=C/NC(=O)OC)cc1O. The zero-order valence-electron chi connectivity index (χ0n) is 18.8. The van der Waals surface area contributed by atoms with Crippen molar-refractivity contribution in [1.82, 2.24) is 5.32 Å². The molecule has 0 spiro atoms. The molecule has 0 saturated heterocycles. The Kier molecular flexibility index (Phi) is 11.3. The summed E-state index contributed by atoms with van der Waals surface area (Å²) in [6.45, 7) is 8.06. The van der Waals surface area contributed by atoms with Gasteiger partial charge in [-0.1, -0.05) is 50.1 Å². The minimum Gasteiger partial charge on any atom is -0.507 e. The Balaban J connectivity index is 2.73. The van der Waals surface area contributed by atoms with Gasteiger partial charge in [0, 0.05) is 6.20 Å². The van der Waals surface area contributed by atoms with Crippen molar-refractivity contribution in [3.8, 4) is 5.75 Å². The zero-order valence-corrected chi connectivity index (χ0v) is 18.8. The van der Waals surface area contributed by atoms with Crippen molar-refractivity contribution in [3.63, 3.8) is 0 Å². The van der Waals surface area contributed by atoms with Crippen molar-refractivity contribution >= 4 is 11.9 Å². The lowest BCUT2D eigenvalue weighted by Crippen LogP contribution is -2.15. The normalized spacial score (nSPS) is 13.4.